The number of likely N-dealkylation sites (tertiary alicyclic amines) is 1. The standard InChI is InChI=1S/C27H43NO6.ClH/c1-7-25(4)15-17(29)21-26(5)18(30)11-12-24(2,3)22(26)20(32)23(27(21,6)34-25)33-19(31)16-28-13-9-8-10-14-28;/h7,18,20-23,30,32H,1,8-16H2,2-6H3;1H/t18-,20-,21+,22-,23-,25-,26+,27-;/m0./s1. The Balaban J connectivity index is 0.00000342. The van der Waals surface area contributed by atoms with E-state index in [-0.39, 0.29) is 36.6 Å². The molecule has 2 N–H and O–H groups in total. The molecule has 2 aliphatic carbocycles. The van der Waals surface area contributed by atoms with Crippen molar-refractivity contribution in [2.45, 2.75) is 103 Å². The smallest absolute Gasteiger partial charge is 0.320 e. The molecule has 0 unspecified atom stereocenters. The predicted molar refractivity (Wildman–Crippen MR) is 135 cm³/mol. The van der Waals surface area contributed by atoms with E-state index in [1.54, 1.807) is 19.9 Å². The Hall–Kier alpha value is -0.990. The van der Waals surface area contributed by atoms with E-state index < -0.39 is 52.7 Å². The number of halogens is 1. The molecule has 4 fully saturated rings. The maximum atomic E-state index is 13.8. The molecule has 0 amide bonds. The van der Waals surface area contributed by atoms with Crippen molar-refractivity contribution in [1.29, 1.82) is 0 Å². The van der Waals surface area contributed by atoms with E-state index in [9.17, 15) is 19.8 Å². The van der Waals surface area contributed by atoms with E-state index in [0.717, 1.165) is 25.9 Å². The highest BCUT2D eigenvalue weighted by molar-refractivity contribution is 5.86. The lowest BCUT2D eigenvalue weighted by Gasteiger charge is -2.68. The van der Waals surface area contributed by atoms with Gasteiger partial charge in [0.15, 0.2) is 6.10 Å². The van der Waals surface area contributed by atoms with E-state index in [1.807, 2.05) is 6.92 Å². The van der Waals surface area contributed by atoms with Crippen LogP contribution in [0.1, 0.15) is 73.1 Å². The molecular weight excluding hydrogens is 470 g/mol. The van der Waals surface area contributed by atoms with Crippen LogP contribution in [0.25, 0.3) is 0 Å². The highest BCUT2D eigenvalue weighted by Gasteiger charge is 2.73. The first kappa shape index (κ1) is 28.6. The number of carbonyl (C=O) groups is 2. The van der Waals surface area contributed by atoms with Gasteiger partial charge < -0.3 is 19.7 Å². The average Bonchev–Trinajstić information content (AvgIpc) is 2.74. The number of nitrogens with zero attached hydrogens (tertiary/aromatic N) is 1. The quantitative estimate of drug-likeness (QED) is 0.440. The molecule has 2 saturated heterocycles. The molecule has 2 saturated carbocycles. The number of aliphatic hydroxyl groups excluding tert-OH is 2. The summed E-state index contributed by atoms with van der Waals surface area (Å²) in [6, 6.07) is 0. The maximum absolute atomic E-state index is 13.8. The van der Waals surface area contributed by atoms with Crippen LogP contribution in [0.5, 0.6) is 0 Å². The number of ketones is 1. The van der Waals surface area contributed by atoms with Gasteiger partial charge in [0.25, 0.3) is 0 Å². The van der Waals surface area contributed by atoms with Crippen LogP contribution >= 0.6 is 12.4 Å². The third-order valence-corrected chi connectivity index (χ3v) is 9.50. The summed E-state index contributed by atoms with van der Waals surface area (Å²) in [4.78, 5) is 29.0. The molecule has 0 aromatic carbocycles. The summed E-state index contributed by atoms with van der Waals surface area (Å²) in [5.41, 5.74) is -3.51. The molecule has 4 aliphatic rings. The van der Waals surface area contributed by atoms with Crippen molar-refractivity contribution in [3.05, 3.63) is 12.7 Å². The van der Waals surface area contributed by atoms with Crippen molar-refractivity contribution in [2.75, 3.05) is 19.6 Å². The highest BCUT2D eigenvalue weighted by Crippen LogP contribution is 2.65. The molecule has 4 rings (SSSR count). The summed E-state index contributed by atoms with van der Waals surface area (Å²) in [6.45, 7) is 15.4. The molecule has 2 heterocycles. The minimum Gasteiger partial charge on any atom is -0.456 e. The summed E-state index contributed by atoms with van der Waals surface area (Å²) in [5.74, 6) is -1.60. The van der Waals surface area contributed by atoms with Crippen LogP contribution in [0, 0.1) is 22.7 Å². The number of carbonyl (C=O) groups excluding carboxylic acids is 2. The molecule has 35 heavy (non-hydrogen) atoms. The van der Waals surface area contributed by atoms with Gasteiger partial charge in [-0.2, -0.15) is 0 Å². The van der Waals surface area contributed by atoms with Crippen LogP contribution in [-0.4, -0.2) is 76.0 Å². The zero-order valence-electron chi connectivity index (χ0n) is 21.9. The number of fused-ring (bicyclic) bond motifs is 3. The van der Waals surface area contributed by atoms with E-state index in [1.165, 1.54) is 6.42 Å². The fourth-order valence-electron chi connectivity index (χ4n) is 8.07. The van der Waals surface area contributed by atoms with Gasteiger partial charge >= 0.3 is 5.97 Å². The second kappa shape index (κ2) is 9.71. The van der Waals surface area contributed by atoms with E-state index in [4.69, 9.17) is 9.47 Å². The number of hydrogen-bond donors (Lipinski definition) is 2. The van der Waals surface area contributed by atoms with Crippen LogP contribution in [-0.2, 0) is 19.1 Å². The molecule has 2 aliphatic heterocycles. The second-order valence-corrected chi connectivity index (χ2v) is 12.5. The number of aliphatic hydroxyl groups is 2. The Labute approximate surface area is 216 Å². The Kier molecular flexibility index (Phi) is 7.93. The fraction of sp³-hybridized carbons (Fsp3) is 0.852. The van der Waals surface area contributed by atoms with Crippen molar-refractivity contribution in [1.82, 2.24) is 4.90 Å². The van der Waals surface area contributed by atoms with Gasteiger partial charge in [0.05, 0.1) is 30.3 Å². The summed E-state index contributed by atoms with van der Waals surface area (Å²) in [6.07, 6.45) is 3.41. The first-order chi connectivity index (χ1) is 15.8. The Morgan fingerprint density at radius 2 is 1.80 bits per heavy atom. The highest BCUT2D eigenvalue weighted by atomic mass is 35.5. The van der Waals surface area contributed by atoms with Gasteiger partial charge in [-0.25, -0.2) is 0 Å². The molecule has 8 atom stereocenters. The zero-order valence-corrected chi connectivity index (χ0v) is 22.7. The normalized spacial score (nSPS) is 45.5. The lowest BCUT2D eigenvalue weighted by molar-refractivity contribution is -0.321. The summed E-state index contributed by atoms with van der Waals surface area (Å²) < 4.78 is 12.7. The molecule has 0 radical (unpaired) electrons. The Morgan fingerprint density at radius 3 is 2.40 bits per heavy atom. The monoisotopic (exact) mass is 513 g/mol. The van der Waals surface area contributed by atoms with Gasteiger partial charge in [-0.1, -0.05) is 33.3 Å². The minimum atomic E-state index is -1.30. The van der Waals surface area contributed by atoms with Gasteiger partial charge in [0.2, 0.25) is 0 Å². The van der Waals surface area contributed by atoms with Crippen molar-refractivity contribution in [3.63, 3.8) is 0 Å². The number of hydrogen-bond acceptors (Lipinski definition) is 7. The Morgan fingerprint density at radius 1 is 1.17 bits per heavy atom. The molecule has 0 bridgehead atoms. The van der Waals surface area contributed by atoms with Crippen molar-refractivity contribution in [3.8, 4) is 0 Å². The van der Waals surface area contributed by atoms with Crippen LogP contribution < -0.4 is 0 Å². The van der Waals surface area contributed by atoms with Gasteiger partial charge in [-0.15, -0.1) is 19.0 Å². The number of esters is 1. The van der Waals surface area contributed by atoms with Gasteiger partial charge in [0, 0.05) is 17.8 Å². The number of ether oxygens (including phenoxy) is 2. The largest absolute Gasteiger partial charge is 0.456 e. The van der Waals surface area contributed by atoms with E-state index in [2.05, 4.69) is 25.3 Å². The molecule has 7 nitrogen and oxygen atoms in total. The number of rotatable bonds is 4. The third kappa shape index (κ3) is 4.61. The average molecular weight is 514 g/mol. The number of piperidine rings is 1. The molecule has 0 aromatic rings. The SMILES string of the molecule is C=C[C@@]1(C)CC(=O)[C@H]2[C@](C)(O1)[C@@H](OC(=O)CN1CCCCC1)[C@@H](O)[C@H]1C(C)(C)CC[C@H](O)[C@@]12C.Cl. The van der Waals surface area contributed by atoms with Crippen LogP contribution in [0.2, 0.25) is 0 Å². The molecular formula is C27H44ClNO6. The lowest BCUT2D eigenvalue weighted by atomic mass is 9.41. The molecule has 8 heteroatoms. The Bertz CT molecular complexity index is 844. The van der Waals surface area contributed by atoms with Gasteiger partial charge in [-0.3, -0.25) is 14.5 Å². The second-order valence-electron chi connectivity index (χ2n) is 12.5. The molecule has 0 aromatic heterocycles. The van der Waals surface area contributed by atoms with Crippen LogP contribution in [0.3, 0.4) is 0 Å². The summed E-state index contributed by atoms with van der Waals surface area (Å²) >= 11 is 0. The van der Waals surface area contributed by atoms with Crippen molar-refractivity contribution >= 4 is 24.2 Å². The third-order valence-electron chi connectivity index (χ3n) is 9.50. The lowest BCUT2D eigenvalue weighted by Crippen LogP contribution is -2.78. The topological polar surface area (TPSA) is 96.3 Å². The maximum Gasteiger partial charge on any atom is 0.320 e. The van der Waals surface area contributed by atoms with E-state index >= 15 is 0 Å². The first-order valence-electron chi connectivity index (χ1n) is 12.9. The predicted octanol–water partition coefficient (Wildman–Crippen LogP) is 3.29. The van der Waals surface area contributed by atoms with Crippen molar-refractivity contribution < 1.29 is 29.3 Å². The van der Waals surface area contributed by atoms with Crippen LogP contribution in [0.4, 0.5) is 0 Å². The van der Waals surface area contributed by atoms with E-state index in [0.29, 0.717) is 12.8 Å². The number of Topliss-reactive ketones (excluding diaryl/α,β-unsaturated/α-hetero) is 1. The summed E-state index contributed by atoms with van der Waals surface area (Å²) in [7, 11) is 0. The molecule has 0 spiro atoms. The molecule has 200 valence electrons. The van der Waals surface area contributed by atoms with Crippen molar-refractivity contribution in [2.24, 2.45) is 22.7 Å². The minimum absolute atomic E-state index is 0. The zero-order chi connectivity index (χ0) is 25.1. The first-order valence-corrected chi connectivity index (χ1v) is 12.9. The van der Waals surface area contributed by atoms with Gasteiger partial charge in [-0.05, 0) is 58.0 Å². The van der Waals surface area contributed by atoms with Crippen LogP contribution in [0.15, 0.2) is 12.7 Å². The summed E-state index contributed by atoms with van der Waals surface area (Å²) in [5, 5.41) is 23.2. The van der Waals surface area contributed by atoms with Gasteiger partial charge in [0.1, 0.15) is 11.4 Å². The fourth-order valence-corrected chi connectivity index (χ4v) is 8.07.